The Balaban J connectivity index is 1.99. The lowest BCUT2D eigenvalue weighted by molar-refractivity contribution is 0.613. The highest BCUT2D eigenvalue weighted by atomic mass is 16.1. The predicted octanol–water partition coefficient (Wildman–Crippen LogP) is 2.31. The van der Waals surface area contributed by atoms with Crippen molar-refractivity contribution in [3.8, 4) is 5.69 Å². The van der Waals surface area contributed by atoms with E-state index in [1.165, 1.54) is 0 Å². The molecule has 0 saturated heterocycles. The van der Waals surface area contributed by atoms with Crippen LogP contribution in [0.15, 0.2) is 41.5 Å². The minimum Gasteiger partial charge on any atom is -0.295 e. The van der Waals surface area contributed by atoms with Crippen LogP contribution >= 0.6 is 0 Å². The van der Waals surface area contributed by atoms with Crippen molar-refractivity contribution < 1.29 is 0 Å². The third kappa shape index (κ3) is 1.96. The van der Waals surface area contributed by atoms with Gasteiger partial charge in [0.2, 0.25) is 0 Å². The maximum atomic E-state index is 12.6. The van der Waals surface area contributed by atoms with Crippen LogP contribution in [0.1, 0.15) is 25.1 Å². The fourth-order valence-electron chi connectivity index (χ4n) is 2.96. The number of fused-ring (bicyclic) bond motifs is 2. The van der Waals surface area contributed by atoms with E-state index in [0.717, 1.165) is 43.7 Å². The second-order valence-corrected chi connectivity index (χ2v) is 5.42. The lowest BCUT2D eigenvalue weighted by Gasteiger charge is -2.09. The third-order valence-electron chi connectivity index (χ3n) is 4.05. The van der Waals surface area contributed by atoms with Crippen molar-refractivity contribution in [3.05, 3.63) is 52.8 Å². The molecule has 5 nitrogen and oxygen atoms in total. The first-order valence-electron chi connectivity index (χ1n) is 7.37. The van der Waals surface area contributed by atoms with Gasteiger partial charge in [0.25, 0.3) is 5.56 Å². The van der Waals surface area contributed by atoms with Crippen LogP contribution in [-0.4, -0.2) is 19.1 Å². The van der Waals surface area contributed by atoms with E-state index in [4.69, 9.17) is 4.98 Å². The molecule has 1 aliphatic rings. The quantitative estimate of drug-likeness (QED) is 0.687. The molecule has 0 amide bonds. The Morgan fingerprint density at radius 2 is 1.90 bits per heavy atom. The molecule has 0 N–H and O–H groups in total. The molecule has 0 atom stereocenters. The average Bonchev–Trinajstić information content (AvgIpc) is 2.79. The number of nitrogens with zero attached hydrogens (tertiary/aromatic N) is 4. The van der Waals surface area contributed by atoms with Crippen LogP contribution in [0.3, 0.4) is 0 Å². The number of aromatic nitrogens is 4. The third-order valence-corrected chi connectivity index (χ3v) is 4.05. The molecule has 0 unspecified atom stereocenters. The maximum Gasteiger partial charge on any atom is 0.281 e. The van der Waals surface area contributed by atoms with Gasteiger partial charge in [-0.25, -0.2) is 9.97 Å². The minimum absolute atomic E-state index is 0.00780. The highest BCUT2D eigenvalue weighted by Gasteiger charge is 2.17. The van der Waals surface area contributed by atoms with Gasteiger partial charge in [0.05, 0.1) is 0 Å². The van der Waals surface area contributed by atoms with Gasteiger partial charge in [-0.2, -0.15) is 0 Å². The molecule has 2 aromatic heterocycles. The SMILES string of the molecule is O=c1c2ncn(-c3ccccc3)c2nc2n1CCCCC2. The summed E-state index contributed by atoms with van der Waals surface area (Å²) in [7, 11) is 0. The van der Waals surface area contributed by atoms with Crippen LogP contribution < -0.4 is 5.56 Å². The van der Waals surface area contributed by atoms with E-state index in [1.807, 2.05) is 34.9 Å². The zero-order chi connectivity index (χ0) is 14.2. The number of aryl methyl sites for hydroxylation is 1. The first-order chi connectivity index (χ1) is 10.3. The van der Waals surface area contributed by atoms with Crippen LogP contribution in [-0.2, 0) is 13.0 Å². The van der Waals surface area contributed by atoms with Gasteiger partial charge in [-0.1, -0.05) is 24.6 Å². The summed E-state index contributed by atoms with van der Waals surface area (Å²) in [5.41, 5.74) is 2.10. The van der Waals surface area contributed by atoms with Crippen LogP contribution in [0, 0.1) is 0 Å². The van der Waals surface area contributed by atoms with Gasteiger partial charge in [-0.05, 0) is 25.0 Å². The number of rotatable bonds is 1. The molecule has 106 valence electrons. The Morgan fingerprint density at radius 1 is 1.05 bits per heavy atom. The number of imidazole rings is 1. The number of benzene rings is 1. The normalized spacial score (nSPS) is 14.9. The summed E-state index contributed by atoms with van der Waals surface area (Å²) in [4.78, 5) is 21.7. The molecule has 0 radical (unpaired) electrons. The van der Waals surface area contributed by atoms with Crippen LogP contribution in [0.2, 0.25) is 0 Å². The zero-order valence-corrected chi connectivity index (χ0v) is 11.7. The summed E-state index contributed by atoms with van der Waals surface area (Å²) in [6.45, 7) is 0.759. The van der Waals surface area contributed by atoms with E-state index in [-0.39, 0.29) is 5.56 Å². The highest BCUT2D eigenvalue weighted by molar-refractivity contribution is 5.72. The van der Waals surface area contributed by atoms with Crippen LogP contribution in [0.4, 0.5) is 0 Å². The number of para-hydroxylation sites is 1. The summed E-state index contributed by atoms with van der Waals surface area (Å²) in [6, 6.07) is 9.89. The van der Waals surface area contributed by atoms with E-state index in [2.05, 4.69) is 4.98 Å². The van der Waals surface area contributed by atoms with Gasteiger partial charge >= 0.3 is 0 Å². The van der Waals surface area contributed by atoms with Gasteiger partial charge in [0, 0.05) is 18.7 Å². The monoisotopic (exact) mass is 280 g/mol. The van der Waals surface area contributed by atoms with Gasteiger partial charge in [0.15, 0.2) is 11.2 Å². The first-order valence-corrected chi connectivity index (χ1v) is 7.37. The molecule has 3 heterocycles. The fourth-order valence-corrected chi connectivity index (χ4v) is 2.96. The van der Waals surface area contributed by atoms with E-state index in [1.54, 1.807) is 10.9 Å². The van der Waals surface area contributed by atoms with Gasteiger partial charge in [0.1, 0.15) is 12.2 Å². The summed E-state index contributed by atoms with van der Waals surface area (Å²) >= 11 is 0. The predicted molar refractivity (Wildman–Crippen MR) is 80.7 cm³/mol. The van der Waals surface area contributed by atoms with E-state index >= 15 is 0 Å². The van der Waals surface area contributed by atoms with E-state index < -0.39 is 0 Å². The topological polar surface area (TPSA) is 52.7 Å². The van der Waals surface area contributed by atoms with Crippen LogP contribution in [0.25, 0.3) is 16.9 Å². The standard InChI is InChI=1S/C16H16N4O/c21-16-14-15(18-13-9-5-2-6-10-19(13)16)20(11-17-14)12-7-3-1-4-8-12/h1,3-4,7-8,11H,2,5-6,9-10H2. The summed E-state index contributed by atoms with van der Waals surface area (Å²) in [6.07, 6.45) is 5.84. The molecule has 0 spiro atoms. The van der Waals surface area contributed by atoms with Crippen molar-refractivity contribution in [1.82, 2.24) is 19.1 Å². The Kier molecular flexibility index (Phi) is 2.84. The molecule has 1 aromatic carbocycles. The van der Waals surface area contributed by atoms with Crippen molar-refractivity contribution in [1.29, 1.82) is 0 Å². The molecule has 5 heteroatoms. The van der Waals surface area contributed by atoms with Crippen molar-refractivity contribution in [2.24, 2.45) is 0 Å². The van der Waals surface area contributed by atoms with Crippen molar-refractivity contribution in [2.75, 3.05) is 0 Å². The lowest BCUT2D eigenvalue weighted by Crippen LogP contribution is -2.24. The molecular weight excluding hydrogens is 264 g/mol. The molecule has 0 saturated carbocycles. The molecule has 1 aliphatic heterocycles. The van der Waals surface area contributed by atoms with Gasteiger partial charge < -0.3 is 0 Å². The van der Waals surface area contributed by atoms with Gasteiger partial charge in [-0.15, -0.1) is 0 Å². The Labute approximate surface area is 121 Å². The van der Waals surface area contributed by atoms with Gasteiger partial charge in [-0.3, -0.25) is 13.9 Å². The molecule has 3 aromatic rings. The first kappa shape index (κ1) is 12.3. The molecular formula is C16H16N4O. The average molecular weight is 280 g/mol. The van der Waals surface area contributed by atoms with Crippen LogP contribution in [0.5, 0.6) is 0 Å². The fraction of sp³-hybridized carbons (Fsp3) is 0.312. The Hall–Kier alpha value is -2.43. The van der Waals surface area contributed by atoms with Crippen molar-refractivity contribution in [2.45, 2.75) is 32.2 Å². The molecule has 4 rings (SSSR count). The smallest absolute Gasteiger partial charge is 0.281 e. The zero-order valence-electron chi connectivity index (χ0n) is 11.7. The van der Waals surface area contributed by atoms with E-state index in [9.17, 15) is 4.79 Å². The van der Waals surface area contributed by atoms with E-state index in [0.29, 0.717) is 11.2 Å². The van der Waals surface area contributed by atoms with Crippen molar-refractivity contribution in [3.63, 3.8) is 0 Å². The largest absolute Gasteiger partial charge is 0.295 e. The molecule has 0 bridgehead atoms. The minimum atomic E-state index is -0.00780. The number of hydrogen-bond acceptors (Lipinski definition) is 3. The Morgan fingerprint density at radius 3 is 2.76 bits per heavy atom. The molecule has 0 fully saturated rings. The summed E-state index contributed by atoms with van der Waals surface area (Å²) in [5, 5.41) is 0. The second-order valence-electron chi connectivity index (χ2n) is 5.42. The molecule has 0 aliphatic carbocycles. The lowest BCUT2D eigenvalue weighted by atomic mass is 10.2. The summed E-state index contributed by atoms with van der Waals surface area (Å²) in [5.74, 6) is 0.891. The highest BCUT2D eigenvalue weighted by Crippen LogP contribution is 2.17. The summed E-state index contributed by atoms with van der Waals surface area (Å²) < 4.78 is 3.69. The maximum absolute atomic E-state index is 12.6. The van der Waals surface area contributed by atoms with Crippen molar-refractivity contribution >= 4 is 11.2 Å². The second kappa shape index (κ2) is 4.84. The molecule has 21 heavy (non-hydrogen) atoms. The Bertz CT molecular complexity index is 848. The number of hydrogen-bond donors (Lipinski definition) is 0.